The van der Waals surface area contributed by atoms with E-state index in [4.69, 9.17) is 38.4 Å². The van der Waals surface area contributed by atoms with Gasteiger partial charge in [-0.15, -0.1) is 0 Å². The molecule has 0 aromatic rings. The Labute approximate surface area is 238 Å². The molecule has 0 radical (unpaired) electrons. The summed E-state index contributed by atoms with van der Waals surface area (Å²) in [6.45, 7) is 13.3. The van der Waals surface area contributed by atoms with Gasteiger partial charge in [0.2, 0.25) is 0 Å². The highest BCUT2D eigenvalue weighted by atomic mass is 16.6. The molecule has 0 heterocycles. The van der Waals surface area contributed by atoms with Gasteiger partial charge in [0.1, 0.15) is 33.0 Å². The van der Waals surface area contributed by atoms with Gasteiger partial charge >= 0.3 is 29.8 Å². The lowest BCUT2D eigenvalue weighted by molar-refractivity contribution is -0.170. The van der Waals surface area contributed by atoms with E-state index >= 15 is 0 Å². The molecule has 0 amide bonds. The Morgan fingerprint density at radius 3 is 1.10 bits per heavy atom. The number of hydrogen-bond donors (Lipinski definition) is 2. The van der Waals surface area contributed by atoms with Crippen molar-refractivity contribution in [3.05, 3.63) is 63.3 Å². The van der Waals surface area contributed by atoms with Crippen LogP contribution in [0.4, 0.5) is 0 Å². The van der Waals surface area contributed by atoms with Crippen LogP contribution in [0.15, 0.2) is 63.3 Å². The molecule has 0 fully saturated rings. The molecule has 228 valence electrons. The predicted molar refractivity (Wildman–Crippen MR) is 143 cm³/mol. The Bertz CT molecular complexity index is 860. The number of hydrogen-bond acceptors (Lipinski definition) is 14. The quantitative estimate of drug-likeness (QED) is 0.0514. The van der Waals surface area contributed by atoms with Crippen LogP contribution in [-0.4, -0.2) is 101 Å². The van der Waals surface area contributed by atoms with Crippen molar-refractivity contribution < 1.29 is 62.3 Å². The van der Waals surface area contributed by atoms with Gasteiger partial charge in [0.05, 0.1) is 37.3 Å². The SMILES string of the molecule is C=CC(=O)OCC(COCC(COC(=O)C=C)(COC(=O)C=C)COC(=O)C=C)(CONCCO)COC(=O)C=C. The second kappa shape index (κ2) is 20.7. The van der Waals surface area contributed by atoms with Crippen molar-refractivity contribution in [3.8, 4) is 0 Å². The fraction of sp³-hybridized carbons (Fsp3) is 0.444. The Kier molecular flexibility index (Phi) is 18.7. The molecule has 0 aliphatic heterocycles. The minimum atomic E-state index is -1.45. The van der Waals surface area contributed by atoms with Gasteiger partial charge in [0.25, 0.3) is 0 Å². The molecule has 0 aliphatic carbocycles. The number of aliphatic hydroxyl groups is 1. The first-order valence-corrected chi connectivity index (χ1v) is 12.0. The van der Waals surface area contributed by atoms with Crippen molar-refractivity contribution >= 4 is 29.8 Å². The van der Waals surface area contributed by atoms with Gasteiger partial charge in [-0.2, -0.15) is 0 Å². The van der Waals surface area contributed by atoms with E-state index in [2.05, 4.69) is 38.4 Å². The van der Waals surface area contributed by atoms with Crippen molar-refractivity contribution in [2.45, 2.75) is 0 Å². The molecular weight excluding hydrogens is 546 g/mol. The topological polar surface area (TPSA) is 182 Å². The van der Waals surface area contributed by atoms with Crippen LogP contribution in [0.2, 0.25) is 0 Å². The number of ether oxygens (including phenoxy) is 6. The predicted octanol–water partition coefficient (Wildman–Crippen LogP) is 0.135. The summed E-state index contributed by atoms with van der Waals surface area (Å²) in [7, 11) is 0. The summed E-state index contributed by atoms with van der Waals surface area (Å²) in [6.07, 6.45) is 4.56. The third-order valence-corrected chi connectivity index (χ3v) is 4.95. The normalized spacial score (nSPS) is 10.9. The first-order valence-electron chi connectivity index (χ1n) is 12.0. The number of rotatable bonds is 24. The summed E-state index contributed by atoms with van der Waals surface area (Å²) in [6, 6.07) is 0. The number of hydroxylamine groups is 1. The second-order valence-electron chi connectivity index (χ2n) is 8.46. The van der Waals surface area contributed by atoms with E-state index < -0.39 is 73.7 Å². The summed E-state index contributed by atoms with van der Waals surface area (Å²) in [5, 5.41) is 9.01. The summed E-state index contributed by atoms with van der Waals surface area (Å²) >= 11 is 0. The van der Waals surface area contributed by atoms with Crippen molar-refractivity contribution in [3.63, 3.8) is 0 Å². The zero-order valence-corrected chi connectivity index (χ0v) is 22.8. The largest absolute Gasteiger partial charge is 0.462 e. The van der Waals surface area contributed by atoms with E-state index in [1.807, 2.05) is 0 Å². The van der Waals surface area contributed by atoms with E-state index in [1.165, 1.54) is 0 Å². The standard InChI is InChI=1S/C27H37NO13/c1-6-21(30)36-15-26(16-37-22(31)7-2,17-38-23(32)8-3)13-35-14-27(18-39-24(33)9-4,19-40-25(34)10-5)20-41-28-11-12-29/h6-10,28-29H,1-5,11-20H2. The third-order valence-electron chi connectivity index (χ3n) is 4.95. The van der Waals surface area contributed by atoms with Gasteiger partial charge in [0, 0.05) is 36.9 Å². The lowest BCUT2D eigenvalue weighted by Gasteiger charge is -2.35. The fourth-order valence-corrected chi connectivity index (χ4v) is 2.72. The molecule has 14 nitrogen and oxygen atoms in total. The molecule has 0 aromatic heterocycles. The van der Waals surface area contributed by atoms with Crippen LogP contribution in [0, 0.1) is 10.8 Å². The smallest absolute Gasteiger partial charge is 0.330 e. The Hall–Kier alpha value is -4.11. The highest BCUT2D eigenvalue weighted by Crippen LogP contribution is 2.26. The molecule has 0 saturated heterocycles. The van der Waals surface area contributed by atoms with E-state index in [1.54, 1.807) is 0 Å². The molecule has 0 unspecified atom stereocenters. The summed E-state index contributed by atoms with van der Waals surface area (Å²) in [5.74, 6) is -4.02. The molecule has 41 heavy (non-hydrogen) atoms. The minimum Gasteiger partial charge on any atom is -0.462 e. The average Bonchev–Trinajstić information content (AvgIpc) is 3.00. The maximum atomic E-state index is 11.8. The molecule has 14 heteroatoms. The summed E-state index contributed by atoms with van der Waals surface area (Å²) in [5.41, 5.74) is -0.309. The highest BCUT2D eigenvalue weighted by Gasteiger charge is 2.40. The molecule has 2 N–H and O–H groups in total. The average molecular weight is 584 g/mol. The summed E-state index contributed by atoms with van der Waals surface area (Å²) < 4.78 is 31.8. The van der Waals surface area contributed by atoms with Crippen LogP contribution in [0.1, 0.15) is 0 Å². The molecule has 0 bridgehead atoms. The van der Waals surface area contributed by atoms with E-state index in [0.717, 1.165) is 30.4 Å². The van der Waals surface area contributed by atoms with Crippen LogP contribution < -0.4 is 5.48 Å². The van der Waals surface area contributed by atoms with Crippen molar-refractivity contribution in [1.82, 2.24) is 5.48 Å². The summed E-state index contributed by atoms with van der Waals surface area (Å²) in [4.78, 5) is 64.5. The zero-order valence-electron chi connectivity index (χ0n) is 22.8. The van der Waals surface area contributed by atoms with Gasteiger partial charge in [0.15, 0.2) is 0 Å². The highest BCUT2D eigenvalue weighted by molar-refractivity contribution is 5.82. The second-order valence-corrected chi connectivity index (χ2v) is 8.46. The lowest BCUT2D eigenvalue weighted by Crippen LogP contribution is -2.47. The minimum absolute atomic E-state index is 0.0525. The van der Waals surface area contributed by atoms with Crippen molar-refractivity contribution in [1.29, 1.82) is 0 Å². The maximum Gasteiger partial charge on any atom is 0.330 e. The number of carbonyl (C=O) groups is 5. The molecule has 0 spiro atoms. The van der Waals surface area contributed by atoms with Gasteiger partial charge < -0.3 is 38.4 Å². The van der Waals surface area contributed by atoms with Crippen LogP contribution in [0.5, 0.6) is 0 Å². The molecule has 0 saturated carbocycles. The first-order chi connectivity index (χ1) is 19.5. The number of nitrogens with one attached hydrogen (secondary N) is 1. The Morgan fingerprint density at radius 2 is 0.829 bits per heavy atom. The van der Waals surface area contributed by atoms with E-state index in [9.17, 15) is 24.0 Å². The molecule has 0 atom stereocenters. The lowest BCUT2D eigenvalue weighted by atomic mass is 9.90. The first kappa shape index (κ1) is 36.9. The van der Waals surface area contributed by atoms with E-state index in [0.29, 0.717) is 0 Å². The number of esters is 5. The molecule has 0 aromatic carbocycles. The molecular formula is C27H37NO13. The van der Waals surface area contributed by atoms with Gasteiger partial charge in [-0.05, 0) is 0 Å². The van der Waals surface area contributed by atoms with Gasteiger partial charge in [-0.3, -0.25) is 0 Å². The molecule has 0 aliphatic rings. The number of aliphatic hydroxyl groups excluding tert-OH is 1. The Balaban J connectivity index is 6.20. The van der Waals surface area contributed by atoms with Crippen LogP contribution in [0.3, 0.4) is 0 Å². The van der Waals surface area contributed by atoms with Crippen molar-refractivity contribution in [2.24, 2.45) is 10.8 Å². The van der Waals surface area contributed by atoms with Crippen LogP contribution in [0.25, 0.3) is 0 Å². The molecule has 0 rings (SSSR count). The van der Waals surface area contributed by atoms with Gasteiger partial charge in [-0.25, -0.2) is 29.5 Å². The van der Waals surface area contributed by atoms with Gasteiger partial charge in [-0.1, -0.05) is 32.9 Å². The Morgan fingerprint density at radius 1 is 0.537 bits per heavy atom. The van der Waals surface area contributed by atoms with Crippen molar-refractivity contribution in [2.75, 3.05) is 66.0 Å². The monoisotopic (exact) mass is 583 g/mol. The zero-order chi connectivity index (χ0) is 31.2. The van der Waals surface area contributed by atoms with Crippen LogP contribution in [-0.2, 0) is 57.2 Å². The third kappa shape index (κ3) is 15.9. The van der Waals surface area contributed by atoms with Crippen LogP contribution >= 0.6 is 0 Å². The number of carbonyl (C=O) groups excluding carboxylic acids is 5. The van der Waals surface area contributed by atoms with E-state index in [-0.39, 0.29) is 33.0 Å². The maximum absolute atomic E-state index is 11.8. The fourth-order valence-electron chi connectivity index (χ4n) is 2.72.